The quantitative estimate of drug-likeness (QED) is 0.231. The molecule has 3 aromatic carbocycles. The summed E-state index contributed by atoms with van der Waals surface area (Å²) in [6.07, 6.45) is 4.22. The van der Waals surface area contributed by atoms with Crippen LogP contribution in [-0.4, -0.2) is 33.3 Å². The van der Waals surface area contributed by atoms with Crippen molar-refractivity contribution in [1.82, 2.24) is 10.4 Å². The lowest BCUT2D eigenvalue weighted by Crippen LogP contribution is -2.33. The predicted molar refractivity (Wildman–Crippen MR) is 127 cm³/mol. The summed E-state index contributed by atoms with van der Waals surface area (Å²) < 4.78 is 12.2. The molecular weight excluding hydrogens is 462 g/mol. The Balaban J connectivity index is 1.50. The highest BCUT2D eigenvalue weighted by molar-refractivity contribution is 5.98. The molecular formula is C27H17N3O6. The van der Waals surface area contributed by atoms with E-state index >= 15 is 0 Å². The maximum absolute atomic E-state index is 12.9. The second-order valence-corrected chi connectivity index (χ2v) is 8.21. The van der Waals surface area contributed by atoms with Gasteiger partial charge in [0.05, 0.1) is 17.3 Å². The molecule has 3 N–H and O–H groups in total. The summed E-state index contributed by atoms with van der Waals surface area (Å²) >= 11 is 0. The predicted octanol–water partition coefficient (Wildman–Crippen LogP) is 3.82. The second-order valence-electron chi connectivity index (χ2n) is 8.21. The number of hydrogen-bond acceptors (Lipinski definition) is 8. The number of benzene rings is 3. The topological polar surface area (TPSA) is 130 Å². The van der Waals surface area contributed by atoms with Crippen LogP contribution in [0.25, 0.3) is 0 Å². The Morgan fingerprint density at radius 2 is 1.75 bits per heavy atom. The van der Waals surface area contributed by atoms with Gasteiger partial charge in [-0.2, -0.15) is 5.10 Å². The summed E-state index contributed by atoms with van der Waals surface area (Å²) in [6.45, 7) is 0. The van der Waals surface area contributed by atoms with Gasteiger partial charge in [-0.1, -0.05) is 18.2 Å². The first-order valence-corrected chi connectivity index (χ1v) is 10.9. The Bertz CT molecular complexity index is 1580. The number of rotatable bonds is 3. The third kappa shape index (κ3) is 3.10. The third-order valence-electron chi connectivity index (χ3n) is 6.18. The van der Waals surface area contributed by atoms with E-state index in [-0.39, 0.29) is 28.6 Å². The minimum Gasteiger partial charge on any atom is -0.508 e. The number of aromatic nitrogens is 1. The Hall–Kier alpha value is -5.18. The van der Waals surface area contributed by atoms with E-state index in [1.54, 1.807) is 36.4 Å². The highest BCUT2D eigenvalue weighted by Gasteiger charge is 2.54. The zero-order valence-corrected chi connectivity index (χ0v) is 18.5. The summed E-state index contributed by atoms with van der Waals surface area (Å²) in [6, 6.07) is 17.7. The molecule has 0 saturated heterocycles. The van der Waals surface area contributed by atoms with Gasteiger partial charge in [0.2, 0.25) is 0 Å². The van der Waals surface area contributed by atoms with E-state index in [4.69, 9.17) is 9.47 Å². The molecule has 2 aliphatic rings. The molecule has 1 aromatic heterocycles. The van der Waals surface area contributed by atoms with Crippen molar-refractivity contribution in [2.45, 2.75) is 5.60 Å². The van der Waals surface area contributed by atoms with Gasteiger partial charge in [0.1, 0.15) is 23.0 Å². The molecule has 2 aliphatic heterocycles. The van der Waals surface area contributed by atoms with Gasteiger partial charge in [-0.3, -0.25) is 9.78 Å². The fourth-order valence-corrected chi connectivity index (χ4v) is 4.58. The zero-order chi connectivity index (χ0) is 24.9. The molecule has 9 nitrogen and oxygen atoms in total. The van der Waals surface area contributed by atoms with Crippen molar-refractivity contribution in [1.29, 1.82) is 0 Å². The molecule has 0 aliphatic carbocycles. The third-order valence-corrected chi connectivity index (χ3v) is 6.18. The number of hydrogen-bond donors (Lipinski definition) is 3. The van der Waals surface area contributed by atoms with Gasteiger partial charge >= 0.3 is 5.97 Å². The molecule has 176 valence electrons. The molecule has 4 aromatic rings. The van der Waals surface area contributed by atoms with E-state index in [2.05, 4.69) is 15.5 Å². The Morgan fingerprint density at radius 3 is 2.58 bits per heavy atom. The number of nitrogens with zero attached hydrogens (tertiary/aromatic N) is 2. The number of amides is 1. The van der Waals surface area contributed by atoms with Crippen LogP contribution in [0.4, 0.5) is 0 Å². The highest BCUT2D eigenvalue weighted by atomic mass is 16.6. The lowest BCUT2D eigenvalue weighted by Gasteiger charge is -2.37. The largest absolute Gasteiger partial charge is 0.508 e. The number of fused-ring (bicyclic) bond motifs is 6. The fraction of sp³-hybridized carbons (Fsp3) is 0.0370. The van der Waals surface area contributed by atoms with Crippen LogP contribution in [0.5, 0.6) is 23.0 Å². The Labute approximate surface area is 204 Å². The standard InChI is InChI=1S/C27H17N3O6/c31-16-5-6-20-23(13-16)35-24-18(14-29-30-25(33)15-9-11-28-12-10-15)22(32)8-7-21(24)27(20)19-4-2-1-3-17(19)26(34)36-27/h1-14,31-32H,(H,30,33)/b29-14+/t27-/m1/s1. The van der Waals surface area contributed by atoms with Gasteiger partial charge in [-0.15, -0.1) is 0 Å². The number of carbonyl (C=O) groups excluding carboxylic acids is 2. The maximum Gasteiger partial charge on any atom is 0.340 e. The molecule has 1 atom stereocenters. The van der Waals surface area contributed by atoms with Crippen molar-refractivity contribution >= 4 is 18.1 Å². The van der Waals surface area contributed by atoms with Crippen LogP contribution in [0.15, 0.2) is 84.2 Å². The Kier molecular flexibility index (Phi) is 4.72. The summed E-state index contributed by atoms with van der Waals surface area (Å²) in [5, 5.41) is 24.8. The number of aromatic hydroxyl groups is 2. The molecule has 0 unspecified atom stereocenters. The molecule has 1 spiro atoms. The van der Waals surface area contributed by atoms with Gasteiger partial charge in [-0.05, 0) is 42.5 Å². The van der Waals surface area contributed by atoms with Crippen LogP contribution in [-0.2, 0) is 10.3 Å². The maximum atomic E-state index is 12.9. The van der Waals surface area contributed by atoms with E-state index in [1.807, 2.05) is 0 Å². The second kappa shape index (κ2) is 7.95. The van der Waals surface area contributed by atoms with Crippen molar-refractivity contribution in [3.8, 4) is 23.0 Å². The molecule has 0 saturated carbocycles. The molecule has 0 radical (unpaired) electrons. The van der Waals surface area contributed by atoms with Crippen LogP contribution in [0.1, 0.15) is 43.0 Å². The average molecular weight is 479 g/mol. The van der Waals surface area contributed by atoms with Crippen molar-refractivity contribution in [3.05, 3.63) is 113 Å². The smallest absolute Gasteiger partial charge is 0.340 e. The van der Waals surface area contributed by atoms with Crippen LogP contribution in [0.3, 0.4) is 0 Å². The number of pyridine rings is 1. The van der Waals surface area contributed by atoms with Crippen LogP contribution in [0, 0.1) is 0 Å². The minimum absolute atomic E-state index is 0.0510. The van der Waals surface area contributed by atoms with Crippen molar-refractivity contribution < 1.29 is 29.3 Å². The first-order chi connectivity index (χ1) is 17.5. The fourth-order valence-electron chi connectivity index (χ4n) is 4.58. The Morgan fingerprint density at radius 1 is 0.972 bits per heavy atom. The molecule has 6 rings (SSSR count). The summed E-state index contributed by atoms with van der Waals surface area (Å²) in [5.74, 6) is -0.792. The number of phenolic OH excluding ortho intramolecular Hbond substituents is 2. The lowest BCUT2D eigenvalue weighted by molar-refractivity contribution is 0.0224. The number of phenols is 2. The van der Waals surface area contributed by atoms with Crippen LogP contribution in [0.2, 0.25) is 0 Å². The van der Waals surface area contributed by atoms with Gasteiger partial charge in [-0.25, -0.2) is 10.2 Å². The van der Waals surface area contributed by atoms with Gasteiger partial charge in [0, 0.05) is 40.7 Å². The molecule has 3 heterocycles. The molecule has 36 heavy (non-hydrogen) atoms. The first-order valence-electron chi connectivity index (χ1n) is 10.9. The molecule has 1 amide bonds. The van der Waals surface area contributed by atoms with E-state index in [9.17, 15) is 19.8 Å². The zero-order valence-electron chi connectivity index (χ0n) is 18.5. The van der Waals surface area contributed by atoms with Crippen LogP contribution < -0.4 is 10.2 Å². The number of ether oxygens (including phenoxy) is 2. The highest BCUT2D eigenvalue weighted by Crippen LogP contribution is 2.57. The van der Waals surface area contributed by atoms with Crippen molar-refractivity contribution in [2.75, 3.05) is 0 Å². The summed E-state index contributed by atoms with van der Waals surface area (Å²) in [7, 11) is 0. The number of carbonyl (C=O) groups is 2. The monoisotopic (exact) mass is 479 g/mol. The van der Waals surface area contributed by atoms with Gasteiger partial charge < -0.3 is 19.7 Å². The molecule has 0 bridgehead atoms. The van der Waals surface area contributed by atoms with Gasteiger partial charge in [0.15, 0.2) is 5.60 Å². The summed E-state index contributed by atoms with van der Waals surface area (Å²) in [5.41, 5.74) is 3.52. The average Bonchev–Trinajstić information content (AvgIpc) is 3.18. The minimum atomic E-state index is -1.37. The van der Waals surface area contributed by atoms with Gasteiger partial charge in [0.25, 0.3) is 5.91 Å². The lowest BCUT2D eigenvalue weighted by atomic mass is 9.77. The molecule has 9 heteroatoms. The number of nitrogens with one attached hydrogen (secondary N) is 1. The first kappa shape index (κ1) is 21.4. The van der Waals surface area contributed by atoms with E-state index < -0.39 is 17.5 Å². The number of hydrazone groups is 1. The van der Waals surface area contributed by atoms with Crippen molar-refractivity contribution in [3.63, 3.8) is 0 Å². The van der Waals surface area contributed by atoms with E-state index in [0.29, 0.717) is 27.8 Å². The van der Waals surface area contributed by atoms with E-state index in [1.165, 1.54) is 48.9 Å². The SMILES string of the molecule is O=C(N/N=C/c1c(O)ccc2c1Oc1cc(O)ccc1[C@@]21OC(=O)c2ccccc21)c1ccncc1. The van der Waals surface area contributed by atoms with E-state index in [0.717, 1.165) is 0 Å². The molecule has 0 fully saturated rings. The summed E-state index contributed by atoms with van der Waals surface area (Å²) in [4.78, 5) is 29.1. The van der Waals surface area contributed by atoms with Crippen LogP contribution >= 0.6 is 0 Å². The number of esters is 1. The normalized spacial score (nSPS) is 17.2. The van der Waals surface area contributed by atoms with Crippen molar-refractivity contribution in [2.24, 2.45) is 5.10 Å².